The van der Waals surface area contributed by atoms with Gasteiger partial charge in [0.15, 0.2) is 0 Å². The van der Waals surface area contributed by atoms with Crippen molar-refractivity contribution in [3.63, 3.8) is 0 Å². The summed E-state index contributed by atoms with van der Waals surface area (Å²) in [6, 6.07) is 0. The molecule has 0 unspecified atom stereocenters. The molecular weight excluding hydrogens is 360 g/mol. The molecule has 0 saturated heterocycles. The van der Waals surface area contributed by atoms with Gasteiger partial charge in [0, 0.05) is 7.92 Å². The molecule has 0 saturated carbocycles. The fourth-order valence-electron chi connectivity index (χ4n) is 1.66. The minimum atomic E-state index is 0. The van der Waals surface area contributed by atoms with Crippen molar-refractivity contribution in [2.75, 3.05) is 18.5 Å². The van der Waals surface area contributed by atoms with Gasteiger partial charge in [-0.1, -0.05) is 40.0 Å². The molecule has 0 rings (SSSR count). The predicted octanol–water partition coefficient (Wildman–Crippen LogP) is 3.78. The van der Waals surface area contributed by atoms with E-state index in [9.17, 15) is 0 Å². The van der Waals surface area contributed by atoms with Gasteiger partial charge in [-0.15, -0.1) is 0 Å². The molecule has 0 heterocycles. The van der Waals surface area contributed by atoms with Gasteiger partial charge in [-0.3, -0.25) is 20.4 Å². The second kappa shape index (κ2) is 42.7. The van der Waals surface area contributed by atoms with Crippen molar-refractivity contribution >= 4 is 28.3 Å². The number of hydrogen-bond acceptors (Lipinski definition) is 3. The monoisotopic (exact) mass is 392 g/mol. The summed E-state index contributed by atoms with van der Waals surface area (Å²) in [7, 11) is 0.0675. The minimum absolute atomic E-state index is 0. The molecule has 0 amide bonds. The third-order valence-corrected chi connectivity index (χ3v) is 5.83. The molecule has 0 aliphatic heterocycles. The van der Waals surface area contributed by atoms with E-state index in [2.05, 4.69) is 41.1 Å². The fraction of sp³-hybridized carbons (Fsp3) is 0.800. The van der Waals surface area contributed by atoms with E-state index in [1.807, 2.05) is 0 Å². The van der Waals surface area contributed by atoms with Crippen LogP contribution < -0.4 is 0 Å². The number of hydrogen-bond donors (Lipinski definition) is 0. The first-order chi connectivity index (χ1) is 9.35. The maximum absolute atomic E-state index is 7.75. The molecule has 0 aromatic carbocycles. The number of rotatable bonds is 9. The van der Waals surface area contributed by atoms with Crippen molar-refractivity contribution in [2.45, 2.75) is 59.3 Å². The van der Waals surface area contributed by atoms with Crippen LogP contribution in [-0.2, 0) is 33.9 Å². The van der Waals surface area contributed by atoms with E-state index < -0.39 is 0 Å². The van der Waals surface area contributed by atoms with Gasteiger partial charge < -0.3 is 14.4 Å². The van der Waals surface area contributed by atoms with E-state index >= 15 is 0 Å². The van der Waals surface area contributed by atoms with Crippen LogP contribution in [0.5, 0.6) is 0 Å². The number of carbonyl (C=O) groups excluding carboxylic acids is 3. The normalized spacial score (nSPS) is 7.80. The standard InChI is InChI=1S/C12H27P.3CHO.Ru/c1-4-7-10-13(11-8-5-2)12-9-6-3;3*1-2;/h4-12H2,1-3H3;3*1H;/q;3*-1;+3/p+1. The van der Waals surface area contributed by atoms with Crippen LogP contribution in [0.25, 0.3) is 0 Å². The smallest absolute Gasteiger partial charge is 0.545 e. The largest absolute Gasteiger partial charge is 3.00 e. The SMILES string of the molecule is CCCC[PH+](CCCC)CCCC.[CH-]=O.[CH-]=O.[CH-]=O.[Ru+3]. The Hall–Kier alpha value is 0.0634. The maximum atomic E-state index is 7.75. The minimum Gasteiger partial charge on any atom is -0.545 e. The van der Waals surface area contributed by atoms with Gasteiger partial charge in [0.2, 0.25) is 0 Å². The summed E-state index contributed by atoms with van der Waals surface area (Å²) >= 11 is 0. The van der Waals surface area contributed by atoms with Crippen LogP contribution in [0.15, 0.2) is 0 Å². The molecule has 0 spiro atoms. The molecule has 0 fully saturated rings. The van der Waals surface area contributed by atoms with E-state index in [4.69, 9.17) is 14.4 Å². The summed E-state index contributed by atoms with van der Waals surface area (Å²) < 4.78 is 0. The summed E-state index contributed by atoms with van der Waals surface area (Å²) in [6.07, 6.45) is 13.4. The zero-order chi connectivity index (χ0) is 15.9. The molecule has 3 nitrogen and oxygen atoms in total. The van der Waals surface area contributed by atoms with Crippen LogP contribution in [0.2, 0.25) is 0 Å². The average molecular weight is 391 g/mol. The molecule has 20 heavy (non-hydrogen) atoms. The first kappa shape index (κ1) is 32.1. The first-order valence-corrected chi connectivity index (χ1v) is 9.01. The Morgan fingerprint density at radius 3 is 0.950 bits per heavy atom. The molecule has 0 atom stereocenters. The first-order valence-electron chi connectivity index (χ1n) is 6.89. The zero-order valence-electron chi connectivity index (χ0n) is 13.2. The van der Waals surface area contributed by atoms with E-state index in [1.165, 1.54) is 38.5 Å². The van der Waals surface area contributed by atoms with Crippen LogP contribution in [-0.4, -0.2) is 38.9 Å². The summed E-state index contributed by atoms with van der Waals surface area (Å²) in [5, 5.41) is 0. The third-order valence-electron chi connectivity index (χ3n) is 2.65. The van der Waals surface area contributed by atoms with Crippen molar-refractivity contribution in [2.24, 2.45) is 0 Å². The van der Waals surface area contributed by atoms with E-state index in [-0.39, 0.29) is 27.4 Å². The van der Waals surface area contributed by atoms with Crippen molar-refractivity contribution < 1.29 is 33.9 Å². The molecule has 0 N–H and O–H groups in total. The van der Waals surface area contributed by atoms with Crippen molar-refractivity contribution in [3.8, 4) is 0 Å². The Morgan fingerprint density at radius 1 is 0.600 bits per heavy atom. The Labute approximate surface area is 140 Å². The van der Waals surface area contributed by atoms with Crippen LogP contribution >= 0.6 is 7.92 Å². The molecule has 0 aliphatic carbocycles. The Kier molecular flexibility index (Phi) is 68.7. The van der Waals surface area contributed by atoms with Gasteiger partial charge in [0.1, 0.15) is 0 Å². The molecule has 0 bridgehead atoms. The summed E-state index contributed by atoms with van der Waals surface area (Å²) in [5.41, 5.74) is 0. The predicted molar refractivity (Wildman–Crippen MR) is 87.9 cm³/mol. The van der Waals surface area contributed by atoms with Gasteiger partial charge in [-0.25, -0.2) is 0 Å². The van der Waals surface area contributed by atoms with Gasteiger partial charge >= 0.3 is 19.5 Å². The Balaban J connectivity index is -0.0000000940. The Bertz CT molecular complexity index is 117. The maximum Gasteiger partial charge on any atom is 3.00 e. The fourth-order valence-corrected chi connectivity index (χ4v) is 4.97. The molecule has 0 aromatic rings. The molecule has 121 valence electrons. The summed E-state index contributed by atoms with van der Waals surface area (Å²) in [5.74, 6) is 0. The van der Waals surface area contributed by atoms with Crippen LogP contribution in [0.3, 0.4) is 0 Å². The van der Waals surface area contributed by atoms with Gasteiger partial charge in [0.05, 0.1) is 18.5 Å². The summed E-state index contributed by atoms with van der Waals surface area (Å²) in [4.78, 5) is 23.2. The Morgan fingerprint density at radius 2 is 0.800 bits per heavy atom. The second-order valence-corrected chi connectivity index (χ2v) is 7.06. The third kappa shape index (κ3) is 36.1. The molecule has 5 heteroatoms. The average Bonchev–Trinajstić information content (AvgIpc) is 2.52. The van der Waals surface area contributed by atoms with Gasteiger partial charge in [-0.05, 0) is 19.3 Å². The van der Waals surface area contributed by atoms with Crippen LogP contribution in [0.1, 0.15) is 59.3 Å². The van der Waals surface area contributed by atoms with Crippen molar-refractivity contribution in [1.82, 2.24) is 0 Å². The van der Waals surface area contributed by atoms with Crippen LogP contribution in [0, 0.1) is 0 Å². The molecular formula is C15H31O3PRu+. The van der Waals surface area contributed by atoms with Crippen LogP contribution in [0.4, 0.5) is 0 Å². The summed E-state index contributed by atoms with van der Waals surface area (Å²) in [6.45, 7) is 16.7. The topological polar surface area (TPSA) is 51.2 Å². The van der Waals surface area contributed by atoms with E-state index in [0.717, 1.165) is 0 Å². The van der Waals surface area contributed by atoms with Gasteiger partial charge in [-0.2, -0.15) is 0 Å². The van der Waals surface area contributed by atoms with Gasteiger partial charge in [0.25, 0.3) is 0 Å². The number of unbranched alkanes of at least 4 members (excludes halogenated alkanes) is 3. The molecule has 1 radical (unpaired) electrons. The zero-order valence-corrected chi connectivity index (χ0v) is 15.9. The van der Waals surface area contributed by atoms with Crippen molar-refractivity contribution in [3.05, 3.63) is 0 Å². The van der Waals surface area contributed by atoms with Crippen molar-refractivity contribution in [1.29, 1.82) is 0 Å². The second-order valence-electron chi connectivity index (χ2n) is 4.06. The van der Waals surface area contributed by atoms with E-state index in [0.29, 0.717) is 0 Å². The molecule has 0 aliphatic rings. The molecule has 0 aromatic heterocycles. The quantitative estimate of drug-likeness (QED) is 0.260. The van der Waals surface area contributed by atoms with E-state index in [1.54, 1.807) is 18.5 Å².